The number of carboxylic acids is 1. The molecule has 112 valence electrons. The molecule has 0 radical (unpaired) electrons. The number of sulfonamides is 1. The number of nitrogens with zero attached hydrogens (tertiary/aromatic N) is 1. The van der Waals surface area contributed by atoms with E-state index in [0.717, 1.165) is 6.07 Å². The fourth-order valence-corrected chi connectivity index (χ4v) is 2.58. The number of carboxylic acid groups (broad SMARTS) is 1. The third-order valence-corrected chi connectivity index (χ3v) is 3.94. The molecule has 0 spiro atoms. The average Bonchev–Trinajstić information content (AvgIpc) is 2.76. The Morgan fingerprint density at radius 2 is 2.25 bits per heavy atom. The van der Waals surface area contributed by atoms with E-state index in [1.165, 1.54) is 17.8 Å². The molecule has 1 aromatic heterocycles. The zero-order valence-electron chi connectivity index (χ0n) is 11.2. The number of carbonyl (C=O) groups is 1. The van der Waals surface area contributed by atoms with Gasteiger partial charge in [-0.25, -0.2) is 17.9 Å². The minimum atomic E-state index is -3.72. The molecule has 0 unspecified atom stereocenters. The number of ether oxygens (including phenoxy) is 1. The Hall–Kier alpha value is -1.64. The molecule has 0 aliphatic carbocycles. The Bertz CT molecular complexity index is 577. The quantitative estimate of drug-likeness (QED) is 0.514. The zero-order chi connectivity index (χ0) is 15.2. The van der Waals surface area contributed by atoms with Crippen LogP contribution >= 0.6 is 0 Å². The molecule has 20 heavy (non-hydrogen) atoms. The smallest absolute Gasteiger partial charge is 0.352 e. The molecule has 8 heteroatoms. The molecule has 0 aromatic carbocycles. The van der Waals surface area contributed by atoms with Gasteiger partial charge in [-0.05, 0) is 12.5 Å². The maximum atomic E-state index is 11.9. The van der Waals surface area contributed by atoms with Crippen LogP contribution in [0, 0.1) is 0 Å². The van der Waals surface area contributed by atoms with Gasteiger partial charge in [0.2, 0.25) is 10.0 Å². The van der Waals surface area contributed by atoms with Crippen LogP contribution in [0.1, 0.15) is 16.9 Å². The first kappa shape index (κ1) is 16.4. The second kappa shape index (κ2) is 7.22. The van der Waals surface area contributed by atoms with Gasteiger partial charge < -0.3 is 14.4 Å². The number of hydrogen-bond donors (Lipinski definition) is 2. The van der Waals surface area contributed by atoms with Crippen LogP contribution < -0.4 is 4.72 Å². The minimum Gasteiger partial charge on any atom is -0.477 e. The second-order valence-electron chi connectivity index (χ2n) is 4.06. The lowest BCUT2D eigenvalue weighted by atomic mass is 10.4. The maximum absolute atomic E-state index is 11.9. The molecule has 0 saturated heterocycles. The molecular weight excluding hydrogens is 284 g/mol. The molecule has 2 N–H and O–H groups in total. The summed E-state index contributed by atoms with van der Waals surface area (Å²) in [4.78, 5) is 10.8. The minimum absolute atomic E-state index is 0.0801. The van der Waals surface area contributed by atoms with Crippen molar-refractivity contribution in [1.29, 1.82) is 0 Å². The van der Waals surface area contributed by atoms with Gasteiger partial charge in [0.05, 0.1) is 13.2 Å². The lowest BCUT2D eigenvalue weighted by Gasteiger charge is -2.05. The van der Waals surface area contributed by atoms with Crippen LogP contribution in [-0.2, 0) is 21.8 Å². The van der Waals surface area contributed by atoms with Crippen LogP contribution in [0.25, 0.3) is 0 Å². The first-order valence-electron chi connectivity index (χ1n) is 5.96. The van der Waals surface area contributed by atoms with E-state index in [0.29, 0.717) is 13.0 Å². The Labute approximate surface area is 117 Å². The van der Waals surface area contributed by atoms with Crippen molar-refractivity contribution in [2.45, 2.75) is 11.3 Å². The molecule has 0 bridgehead atoms. The lowest BCUT2D eigenvalue weighted by Crippen LogP contribution is -2.27. The number of aryl methyl sites for hydroxylation is 1. The van der Waals surface area contributed by atoms with Gasteiger partial charge in [-0.1, -0.05) is 6.08 Å². The van der Waals surface area contributed by atoms with E-state index < -0.39 is 16.0 Å². The summed E-state index contributed by atoms with van der Waals surface area (Å²) in [6.45, 7) is 4.39. The van der Waals surface area contributed by atoms with Crippen molar-refractivity contribution in [2.75, 3.05) is 19.8 Å². The molecule has 0 atom stereocenters. The fraction of sp³-hybridized carbons (Fsp3) is 0.417. The van der Waals surface area contributed by atoms with Gasteiger partial charge in [0, 0.05) is 19.8 Å². The number of rotatable bonds is 9. The number of hydrogen-bond acceptors (Lipinski definition) is 4. The molecular formula is C12H18N2O5S. The highest BCUT2D eigenvalue weighted by atomic mass is 32.2. The highest BCUT2D eigenvalue weighted by Crippen LogP contribution is 2.13. The normalized spacial score (nSPS) is 11.4. The Morgan fingerprint density at radius 1 is 1.55 bits per heavy atom. The van der Waals surface area contributed by atoms with Crippen LogP contribution in [0.2, 0.25) is 0 Å². The first-order chi connectivity index (χ1) is 9.38. The highest BCUT2D eigenvalue weighted by molar-refractivity contribution is 7.89. The summed E-state index contributed by atoms with van der Waals surface area (Å²) in [5.41, 5.74) is -0.0902. The van der Waals surface area contributed by atoms with Crippen molar-refractivity contribution in [2.24, 2.45) is 7.05 Å². The first-order valence-corrected chi connectivity index (χ1v) is 7.44. The van der Waals surface area contributed by atoms with Crippen molar-refractivity contribution in [3.05, 3.63) is 30.6 Å². The number of nitrogens with one attached hydrogen (secondary N) is 1. The van der Waals surface area contributed by atoms with Crippen LogP contribution in [0.4, 0.5) is 0 Å². The number of aromatic nitrogens is 1. The van der Waals surface area contributed by atoms with Gasteiger partial charge in [-0.3, -0.25) is 0 Å². The predicted octanol–water partition coefficient (Wildman–Crippen LogP) is 0.594. The molecule has 0 amide bonds. The average molecular weight is 302 g/mol. The molecule has 0 aliphatic heterocycles. The molecule has 0 fully saturated rings. The van der Waals surface area contributed by atoms with Gasteiger partial charge in [-0.2, -0.15) is 0 Å². The summed E-state index contributed by atoms with van der Waals surface area (Å²) < 4.78 is 32.6. The Balaban J connectivity index is 2.58. The summed E-state index contributed by atoms with van der Waals surface area (Å²) in [5, 5.41) is 8.88. The van der Waals surface area contributed by atoms with Crippen LogP contribution in [0.3, 0.4) is 0 Å². The van der Waals surface area contributed by atoms with E-state index in [-0.39, 0.29) is 23.7 Å². The van der Waals surface area contributed by atoms with Crippen LogP contribution in [-0.4, -0.2) is 43.8 Å². The summed E-state index contributed by atoms with van der Waals surface area (Å²) in [6, 6.07) is 1.11. The standard InChI is InChI=1S/C12H18N2O5S/c1-3-4-6-19-7-5-13-20(17,18)10-8-11(12(15)16)14(2)9-10/h3,8-9,13H,1,4-7H2,2H3,(H,15,16). The summed E-state index contributed by atoms with van der Waals surface area (Å²) in [6.07, 6.45) is 3.67. The number of aromatic carboxylic acids is 1. The van der Waals surface area contributed by atoms with Crippen molar-refractivity contribution >= 4 is 16.0 Å². The van der Waals surface area contributed by atoms with Gasteiger partial charge in [0.1, 0.15) is 10.6 Å². The van der Waals surface area contributed by atoms with E-state index in [4.69, 9.17) is 9.84 Å². The van der Waals surface area contributed by atoms with E-state index in [1.807, 2.05) is 0 Å². The summed E-state index contributed by atoms with van der Waals surface area (Å²) >= 11 is 0. The molecule has 1 aromatic rings. The lowest BCUT2D eigenvalue weighted by molar-refractivity contribution is 0.0686. The van der Waals surface area contributed by atoms with Gasteiger partial charge in [0.15, 0.2) is 0 Å². The van der Waals surface area contributed by atoms with Crippen molar-refractivity contribution in [3.63, 3.8) is 0 Å². The molecule has 0 aliphatic rings. The molecule has 1 rings (SSSR count). The predicted molar refractivity (Wildman–Crippen MR) is 73.2 cm³/mol. The third kappa shape index (κ3) is 4.48. The molecule has 7 nitrogen and oxygen atoms in total. The van der Waals surface area contributed by atoms with E-state index >= 15 is 0 Å². The largest absolute Gasteiger partial charge is 0.477 e. The monoisotopic (exact) mass is 302 g/mol. The summed E-state index contributed by atoms with van der Waals surface area (Å²) in [7, 11) is -2.25. The topological polar surface area (TPSA) is 97.6 Å². The van der Waals surface area contributed by atoms with Gasteiger partial charge >= 0.3 is 5.97 Å². The van der Waals surface area contributed by atoms with E-state index in [9.17, 15) is 13.2 Å². The maximum Gasteiger partial charge on any atom is 0.352 e. The van der Waals surface area contributed by atoms with Crippen molar-refractivity contribution in [3.8, 4) is 0 Å². The Morgan fingerprint density at radius 3 is 2.80 bits per heavy atom. The highest BCUT2D eigenvalue weighted by Gasteiger charge is 2.19. The van der Waals surface area contributed by atoms with Gasteiger partial charge in [-0.15, -0.1) is 6.58 Å². The zero-order valence-corrected chi connectivity index (χ0v) is 12.0. The Kier molecular flexibility index (Phi) is 5.93. The summed E-state index contributed by atoms with van der Waals surface area (Å²) in [5.74, 6) is -1.18. The van der Waals surface area contributed by atoms with E-state index in [1.54, 1.807) is 6.08 Å². The van der Waals surface area contributed by atoms with E-state index in [2.05, 4.69) is 11.3 Å². The third-order valence-electron chi connectivity index (χ3n) is 2.51. The SMILES string of the molecule is C=CCCOCCNS(=O)(=O)c1cc(C(=O)O)n(C)c1. The molecule has 0 saturated carbocycles. The second-order valence-corrected chi connectivity index (χ2v) is 5.83. The van der Waals surface area contributed by atoms with Gasteiger partial charge in [0.25, 0.3) is 0 Å². The van der Waals surface area contributed by atoms with Crippen molar-refractivity contribution < 1.29 is 23.1 Å². The fourth-order valence-electron chi connectivity index (χ4n) is 1.49. The van der Waals surface area contributed by atoms with Crippen LogP contribution in [0.5, 0.6) is 0 Å². The van der Waals surface area contributed by atoms with Crippen molar-refractivity contribution in [1.82, 2.24) is 9.29 Å². The molecule has 1 heterocycles. The van der Waals surface area contributed by atoms with Crippen LogP contribution in [0.15, 0.2) is 29.8 Å².